The molecule has 1 amide bonds. The fourth-order valence-corrected chi connectivity index (χ4v) is 3.62. The van der Waals surface area contributed by atoms with Gasteiger partial charge in [-0.1, -0.05) is 32.1 Å². The number of nitrogens with one attached hydrogen (secondary N) is 1. The Morgan fingerprint density at radius 2 is 2.00 bits per heavy atom. The molecule has 0 aliphatic carbocycles. The highest BCUT2D eigenvalue weighted by Gasteiger charge is 2.35. The molecule has 2 aromatic carbocycles. The number of alkyl halides is 2. The van der Waals surface area contributed by atoms with Crippen LogP contribution in [0.1, 0.15) is 31.7 Å². The molecule has 1 unspecified atom stereocenters. The van der Waals surface area contributed by atoms with Crippen LogP contribution in [0, 0.1) is 23.5 Å². The summed E-state index contributed by atoms with van der Waals surface area (Å²) in [6.07, 6.45) is -0.990. The lowest BCUT2D eigenvalue weighted by atomic mass is 9.92. The lowest BCUT2D eigenvalue weighted by Crippen LogP contribution is -2.50. The van der Waals surface area contributed by atoms with Crippen molar-refractivity contribution in [2.75, 3.05) is 11.4 Å². The minimum absolute atomic E-state index is 0.120. The number of halogens is 4. The average Bonchev–Trinajstić information content (AvgIpc) is 3.26. The lowest BCUT2D eigenvalue weighted by Gasteiger charge is -2.36. The fraction of sp³-hybridized carbons (Fsp3) is 0.292. The normalized spacial score (nSPS) is 16.6. The van der Waals surface area contributed by atoms with Gasteiger partial charge in [0.2, 0.25) is 11.8 Å². The number of hydrogen-bond acceptors (Lipinski definition) is 5. The average molecular weight is 474 g/mol. The van der Waals surface area contributed by atoms with Crippen molar-refractivity contribution in [3.63, 3.8) is 0 Å². The molecule has 0 radical (unpaired) electrons. The third-order valence-electron chi connectivity index (χ3n) is 5.34. The molecule has 1 saturated heterocycles. The van der Waals surface area contributed by atoms with Gasteiger partial charge in [-0.15, -0.1) is 10.2 Å². The first kappa shape index (κ1) is 23.5. The number of nitrogens with zero attached hydrogens (tertiary/aromatic N) is 3. The van der Waals surface area contributed by atoms with Crippen LogP contribution in [0.5, 0.6) is 0 Å². The van der Waals surface area contributed by atoms with E-state index in [1.165, 1.54) is 35.2 Å². The van der Waals surface area contributed by atoms with Gasteiger partial charge in [0.05, 0.1) is 12.5 Å². The largest absolute Gasteiger partial charge is 0.415 e. The number of aromatic nitrogens is 2. The van der Waals surface area contributed by atoms with E-state index in [0.29, 0.717) is 12.2 Å². The van der Waals surface area contributed by atoms with Crippen molar-refractivity contribution in [2.24, 2.45) is 11.8 Å². The van der Waals surface area contributed by atoms with Crippen LogP contribution in [0.4, 0.5) is 23.2 Å². The molecule has 1 aromatic heterocycles. The summed E-state index contributed by atoms with van der Waals surface area (Å²) < 4.78 is 59.2. The number of benzene rings is 2. The molecule has 1 fully saturated rings. The molecule has 0 bridgehead atoms. The predicted molar refractivity (Wildman–Crippen MR) is 117 cm³/mol. The van der Waals surface area contributed by atoms with E-state index in [9.17, 15) is 22.4 Å². The summed E-state index contributed by atoms with van der Waals surface area (Å²) in [5.41, 5.74) is 1.34. The molecule has 178 valence electrons. The van der Waals surface area contributed by atoms with Gasteiger partial charge in [-0.3, -0.25) is 4.79 Å². The Morgan fingerprint density at radius 1 is 1.21 bits per heavy atom. The van der Waals surface area contributed by atoms with E-state index in [1.807, 2.05) is 19.9 Å². The molecule has 1 N–H and O–H groups in total. The molecule has 1 aliphatic rings. The van der Waals surface area contributed by atoms with Gasteiger partial charge >= 0.3 is 6.43 Å². The molecular formula is C24H22F4N4O2. The number of allylic oxidation sites excluding steroid dienone is 1. The van der Waals surface area contributed by atoms with Gasteiger partial charge in [0.15, 0.2) is 0 Å². The Morgan fingerprint density at radius 3 is 2.59 bits per heavy atom. The summed E-state index contributed by atoms with van der Waals surface area (Å²) >= 11 is 0. The van der Waals surface area contributed by atoms with Gasteiger partial charge in [-0.25, -0.2) is 8.78 Å². The highest BCUT2D eigenvalue weighted by Crippen LogP contribution is 2.29. The van der Waals surface area contributed by atoms with Crippen LogP contribution in [0.25, 0.3) is 11.5 Å². The second-order valence-corrected chi connectivity index (χ2v) is 8.26. The van der Waals surface area contributed by atoms with Crippen molar-refractivity contribution in [1.82, 2.24) is 15.5 Å². The Balaban J connectivity index is 1.63. The number of anilines is 1. The van der Waals surface area contributed by atoms with E-state index in [2.05, 4.69) is 15.5 Å². The van der Waals surface area contributed by atoms with Gasteiger partial charge in [0, 0.05) is 29.1 Å². The van der Waals surface area contributed by atoms with Crippen molar-refractivity contribution in [1.29, 1.82) is 0 Å². The van der Waals surface area contributed by atoms with E-state index >= 15 is 0 Å². The Labute approximate surface area is 193 Å². The zero-order chi connectivity index (χ0) is 24.4. The first-order chi connectivity index (χ1) is 16.2. The Bertz CT molecular complexity index is 1230. The quantitative estimate of drug-likeness (QED) is 0.474. The van der Waals surface area contributed by atoms with Gasteiger partial charge in [0.1, 0.15) is 11.6 Å². The van der Waals surface area contributed by atoms with Crippen molar-refractivity contribution in [2.45, 2.75) is 26.8 Å². The Hall–Kier alpha value is -3.69. The topological polar surface area (TPSA) is 71.3 Å². The van der Waals surface area contributed by atoms with E-state index in [0.717, 1.165) is 11.8 Å². The fourth-order valence-electron chi connectivity index (χ4n) is 3.62. The molecule has 2 heterocycles. The van der Waals surface area contributed by atoms with Crippen molar-refractivity contribution >= 4 is 11.6 Å². The van der Waals surface area contributed by atoms with E-state index in [1.54, 1.807) is 6.07 Å². The number of carbonyl (C=O) groups is 1. The molecule has 0 saturated carbocycles. The van der Waals surface area contributed by atoms with E-state index < -0.39 is 29.9 Å². The zero-order valence-electron chi connectivity index (χ0n) is 18.4. The van der Waals surface area contributed by atoms with Gasteiger partial charge in [0.25, 0.3) is 5.89 Å². The number of hydrogen-bond donors (Lipinski definition) is 1. The highest BCUT2D eigenvalue weighted by atomic mass is 19.3. The molecule has 34 heavy (non-hydrogen) atoms. The summed E-state index contributed by atoms with van der Waals surface area (Å²) in [6, 6.07) is 9.44. The van der Waals surface area contributed by atoms with Crippen molar-refractivity contribution in [3.05, 3.63) is 77.3 Å². The monoisotopic (exact) mass is 474 g/mol. The van der Waals surface area contributed by atoms with Crippen molar-refractivity contribution < 1.29 is 26.8 Å². The Kier molecular flexibility index (Phi) is 6.67. The van der Waals surface area contributed by atoms with E-state index in [-0.39, 0.29) is 35.4 Å². The predicted octanol–water partition coefficient (Wildman–Crippen LogP) is 5.24. The van der Waals surface area contributed by atoms with Crippen molar-refractivity contribution in [3.8, 4) is 11.5 Å². The first-order valence-corrected chi connectivity index (χ1v) is 10.7. The van der Waals surface area contributed by atoms with Crippen LogP contribution in [0.15, 0.2) is 58.7 Å². The molecular weight excluding hydrogens is 452 g/mol. The van der Waals surface area contributed by atoms with Crippen LogP contribution in [0.3, 0.4) is 0 Å². The molecule has 4 rings (SSSR count). The molecule has 1 atom stereocenters. The second kappa shape index (κ2) is 9.66. The van der Waals surface area contributed by atoms with Gasteiger partial charge in [-0.05, 0) is 36.2 Å². The second-order valence-electron chi connectivity index (χ2n) is 8.26. The maximum atomic E-state index is 15.0. The maximum Gasteiger partial charge on any atom is 0.314 e. The summed E-state index contributed by atoms with van der Waals surface area (Å²) in [4.78, 5) is 14.7. The number of rotatable bonds is 7. The smallest absolute Gasteiger partial charge is 0.314 e. The molecule has 1 aliphatic heterocycles. The van der Waals surface area contributed by atoms with Crippen LogP contribution >= 0.6 is 0 Å². The number of amides is 1. The molecule has 3 aromatic rings. The summed E-state index contributed by atoms with van der Waals surface area (Å²) in [7, 11) is 0. The summed E-state index contributed by atoms with van der Waals surface area (Å²) in [5.74, 6) is -2.85. The van der Waals surface area contributed by atoms with Gasteiger partial charge in [-0.2, -0.15) is 8.78 Å². The van der Waals surface area contributed by atoms with Crippen LogP contribution in [-0.2, 0) is 11.3 Å². The third kappa shape index (κ3) is 4.95. The first-order valence-electron chi connectivity index (χ1n) is 10.7. The summed E-state index contributed by atoms with van der Waals surface area (Å²) in [6.45, 7) is 4.24. The van der Waals surface area contributed by atoms with Crippen LogP contribution in [-0.4, -0.2) is 22.6 Å². The third-order valence-corrected chi connectivity index (χ3v) is 5.34. The zero-order valence-corrected chi connectivity index (χ0v) is 18.4. The minimum Gasteiger partial charge on any atom is -0.415 e. The standard InChI is InChI=1S/C24H22F4N4O2/c1-13(2)8-20-18(11-29-20)24(33)32(17-5-3-4-16(25)10-17)12-15-7-6-14(9-19(15)26)22-30-31-23(34-22)21(27)28/h3-10,13,18,21,29H,11-12H2,1-2H3. The lowest BCUT2D eigenvalue weighted by molar-refractivity contribution is -0.122. The minimum atomic E-state index is -2.94. The molecule has 6 nitrogen and oxygen atoms in total. The molecule has 0 spiro atoms. The number of carbonyl (C=O) groups excluding carboxylic acids is 1. The highest BCUT2D eigenvalue weighted by molar-refractivity contribution is 5.97. The maximum absolute atomic E-state index is 15.0. The van der Waals surface area contributed by atoms with E-state index in [4.69, 9.17) is 4.42 Å². The molecule has 10 heteroatoms. The van der Waals surface area contributed by atoms with Gasteiger partial charge < -0.3 is 14.6 Å². The SMILES string of the molecule is CC(C)C=C1NCC1C(=O)N(Cc1ccc(-c2nnc(C(F)F)o2)cc1F)c1cccc(F)c1. The van der Waals surface area contributed by atoms with Crippen LogP contribution in [0.2, 0.25) is 0 Å². The summed E-state index contributed by atoms with van der Waals surface area (Å²) in [5, 5.41) is 9.88. The van der Waals surface area contributed by atoms with Crippen LogP contribution < -0.4 is 10.2 Å².